The van der Waals surface area contributed by atoms with Crippen LogP contribution in [0.3, 0.4) is 0 Å². The lowest BCUT2D eigenvalue weighted by Crippen LogP contribution is -2.20. The van der Waals surface area contributed by atoms with Gasteiger partial charge in [-0.15, -0.1) is 0 Å². The first kappa shape index (κ1) is 9.76. The van der Waals surface area contributed by atoms with E-state index in [9.17, 15) is 18.0 Å². The first-order valence-corrected chi connectivity index (χ1v) is 3.48. The van der Waals surface area contributed by atoms with Gasteiger partial charge in [0, 0.05) is 11.9 Å². The summed E-state index contributed by atoms with van der Waals surface area (Å²) in [7, 11) is 0. The second-order valence-corrected chi connectivity index (χ2v) is 2.58. The fourth-order valence-corrected chi connectivity index (χ4v) is 0.959. The zero-order valence-electron chi connectivity index (χ0n) is 6.80. The Kier molecular flexibility index (Phi) is 2.40. The molecule has 72 valence electrons. The minimum atomic E-state index is -4.33. The van der Waals surface area contributed by atoms with Gasteiger partial charge in [0.2, 0.25) is 0 Å². The fraction of sp³-hybridized carbons (Fsp3) is 0.429. The third-order valence-corrected chi connectivity index (χ3v) is 1.53. The van der Waals surface area contributed by atoms with Crippen LogP contribution >= 0.6 is 0 Å². The number of halogens is 3. The molecule has 1 aromatic heterocycles. The van der Waals surface area contributed by atoms with Crippen molar-refractivity contribution >= 4 is 6.29 Å². The lowest BCUT2D eigenvalue weighted by Gasteiger charge is -2.09. The van der Waals surface area contributed by atoms with Crippen LogP contribution in [-0.4, -0.2) is 22.0 Å². The van der Waals surface area contributed by atoms with Crippen molar-refractivity contribution in [3.05, 3.63) is 17.7 Å². The second kappa shape index (κ2) is 3.20. The summed E-state index contributed by atoms with van der Waals surface area (Å²) < 4.78 is 36.7. The van der Waals surface area contributed by atoms with Crippen molar-refractivity contribution in [1.82, 2.24) is 9.55 Å². The van der Waals surface area contributed by atoms with Crippen LogP contribution in [0.2, 0.25) is 0 Å². The molecule has 0 aliphatic carbocycles. The first-order valence-electron chi connectivity index (χ1n) is 3.48. The molecule has 1 heterocycles. The Morgan fingerprint density at radius 3 is 2.69 bits per heavy atom. The summed E-state index contributed by atoms with van der Waals surface area (Å²) in [5, 5.41) is 0. The van der Waals surface area contributed by atoms with Gasteiger partial charge in [-0.1, -0.05) is 0 Å². The minimum absolute atomic E-state index is 0.199. The number of aldehydes is 1. The van der Waals surface area contributed by atoms with Crippen LogP contribution < -0.4 is 0 Å². The molecule has 3 nitrogen and oxygen atoms in total. The Morgan fingerprint density at radius 1 is 1.62 bits per heavy atom. The summed E-state index contributed by atoms with van der Waals surface area (Å²) >= 11 is 0. The maximum Gasteiger partial charge on any atom is 0.406 e. The van der Waals surface area contributed by atoms with Gasteiger partial charge in [-0.05, 0) is 6.92 Å². The number of hydrogen-bond acceptors (Lipinski definition) is 2. The number of carbonyl (C=O) groups excluding carboxylic acids is 1. The Bertz CT molecular complexity index is 316. The highest BCUT2D eigenvalue weighted by Gasteiger charge is 2.29. The second-order valence-electron chi connectivity index (χ2n) is 2.58. The quantitative estimate of drug-likeness (QED) is 0.666. The monoisotopic (exact) mass is 192 g/mol. The summed E-state index contributed by atoms with van der Waals surface area (Å²) in [6.07, 6.45) is -2.79. The van der Waals surface area contributed by atoms with Crippen molar-refractivity contribution in [3.63, 3.8) is 0 Å². The van der Waals surface area contributed by atoms with Crippen LogP contribution in [0.15, 0.2) is 6.20 Å². The molecule has 13 heavy (non-hydrogen) atoms. The normalized spacial score (nSPS) is 11.7. The van der Waals surface area contributed by atoms with E-state index < -0.39 is 12.7 Å². The first-order chi connectivity index (χ1) is 5.94. The molecule has 0 radical (unpaired) electrons. The molecule has 0 unspecified atom stereocenters. The van der Waals surface area contributed by atoms with Gasteiger partial charge in [-0.3, -0.25) is 4.79 Å². The molecule has 6 heteroatoms. The zero-order chi connectivity index (χ0) is 10.1. The predicted octanol–water partition coefficient (Wildman–Crippen LogP) is 1.57. The summed E-state index contributed by atoms with van der Waals surface area (Å²) in [6.45, 7) is 0.290. The molecule has 0 aliphatic heterocycles. The molecule has 0 N–H and O–H groups in total. The third kappa shape index (κ3) is 2.30. The molecule has 0 aromatic carbocycles. The highest BCUT2D eigenvalue weighted by Crippen LogP contribution is 2.19. The van der Waals surface area contributed by atoms with Crippen molar-refractivity contribution in [2.45, 2.75) is 19.6 Å². The molecule has 0 spiro atoms. The number of aromatic nitrogens is 2. The lowest BCUT2D eigenvalue weighted by molar-refractivity contribution is -0.141. The smallest absolute Gasteiger partial charge is 0.317 e. The molecule has 1 aromatic rings. The fourth-order valence-electron chi connectivity index (χ4n) is 0.959. The van der Waals surface area contributed by atoms with Gasteiger partial charge in [-0.25, -0.2) is 4.98 Å². The van der Waals surface area contributed by atoms with Crippen LogP contribution in [0.1, 0.15) is 16.3 Å². The Morgan fingerprint density at radius 2 is 2.23 bits per heavy atom. The third-order valence-electron chi connectivity index (χ3n) is 1.53. The van der Waals surface area contributed by atoms with Gasteiger partial charge in [0.25, 0.3) is 0 Å². The number of nitrogens with zero attached hydrogens (tertiary/aromatic N) is 2. The van der Waals surface area contributed by atoms with Crippen LogP contribution in [0.5, 0.6) is 0 Å². The Labute approximate surface area is 72.2 Å². The maximum atomic E-state index is 12.0. The summed E-state index contributed by atoms with van der Waals surface area (Å²) in [5.74, 6) is -0.199. The van der Waals surface area contributed by atoms with Gasteiger partial charge in [0.15, 0.2) is 12.1 Å². The van der Waals surface area contributed by atoms with Crippen LogP contribution in [-0.2, 0) is 6.54 Å². The van der Waals surface area contributed by atoms with Crippen LogP contribution in [0, 0.1) is 6.92 Å². The van der Waals surface area contributed by atoms with E-state index in [1.165, 1.54) is 13.1 Å². The van der Waals surface area contributed by atoms with Crippen molar-refractivity contribution in [2.75, 3.05) is 0 Å². The van der Waals surface area contributed by atoms with E-state index in [1.807, 2.05) is 0 Å². The summed E-state index contributed by atoms with van der Waals surface area (Å²) in [4.78, 5) is 13.8. The zero-order valence-corrected chi connectivity index (χ0v) is 6.80. The number of alkyl halides is 3. The maximum absolute atomic E-state index is 12.0. The number of carbonyl (C=O) groups is 1. The highest BCUT2D eigenvalue weighted by atomic mass is 19.4. The number of aryl methyl sites for hydroxylation is 1. The molecular formula is C7H7F3N2O. The van der Waals surface area contributed by atoms with Gasteiger partial charge < -0.3 is 4.57 Å². The van der Waals surface area contributed by atoms with E-state index in [-0.39, 0.29) is 5.82 Å². The average Bonchev–Trinajstić information content (AvgIpc) is 2.30. The van der Waals surface area contributed by atoms with Crippen LogP contribution in [0.25, 0.3) is 0 Å². The standard InChI is InChI=1S/C7H7F3N2O/c1-5-2-11-6(3-13)12(5)4-7(8,9)10/h2-3H,4H2,1H3. The van der Waals surface area contributed by atoms with Gasteiger partial charge in [-0.2, -0.15) is 13.2 Å². The van der Waals surface area contributed by atoms with E-state index in [0.29, 0.717) is 12.0 Å². The van der Waals surface area contributed by atoms with Crippen molar-refractivity contribution in [1.29, 1.82) is 0 Å². The lowest BCUT2D eigenvalue weighted by atomic mass is 10.5. The summed E-state index contributed by atoms with van der Waals surface area (Å²) in [5.41, 5.74) is 0.319. The Balaban J connectivity index is 2.98. The molecule has 0 fully saturated rings. The molecule has 0 saturated heterocycles. The number of hydrogen-bond donors (Lipinski definition) is 0. The molecule has 0 atom stereocenters. The van der Waals surface area contributed by atoms with Gasteiger partial charge in [0.1, 0.15) is 6.54 Å². The number of imidazole rings is 1. The molecule has 1 rings (SSSR count). The molecule has 0 saturated carbocycles. The van der Waals surface area contributed by atoms with Gasteiger partial charge >= 0.3 is 6.18 Å². The highest BCUT2D eigenvalue weighted by molar-refractivity contribution is 5.69. The molecule has 0 bridgehead atoms. The van der Waals surface area contributed by atoms with Crippen molar-refractivity contribution < 1.29 is 18.0 Å². The molecule has 0 aliphatic rings. The molecular weight excluding hydrogens is 185 g/mol. The predicted molar refractivity (Wildman–Crippen MR) is 38.4 cm³/mol. The van der Waals surface area contributed by atoms with Crippen LogP contribution in [0.4, 0.5) is 13.2 Å². The summed E-state index contributed by atoms with van der Waals surface area (Å²) in [6, 6.07) is 0. The van der Waals surface area contributed by atoms with E-state index in [4.69, 9.17) is 0 Å². The number of rotatable bonds is 2. The van der Waals surface area contributed by atoms with Gasteiger partial charge in [0.05, 0.1) is 0 Å². The van der Waals surface area contributed by atoms with Crippen molar-refractivity contribution in [2.24, 2.45) is 0 Å². The largest absolute Gasteiger partial charge is 0.406 e. The van der Waals surface area contributed by atoms with E-state index in [2.05, 4.69) is 4.98 Å². The minimum Gasteiger partial charge on any atom is -0.317 e. The average molecular weight is 192 g/mol. The Hall–Kier alpha value is -1.33. The van der Waals surface area contributed by atoms with Crippen molar-refractivity contribution in [3.8, 4) is 0 Å². The van der Waals surface area contributed by atoms with E-state index >= 15 is 0 Å². The van der Waals surface area contributed by atoms with E-state index in [0.717, 1.165) is 4.57 Å². The SMILES string of the molecule is Cc1cnc(C=O)n1CC(F)(F)F. The van der Waals surface area contributed by atoms with E-state index in [1.54, 1.807) is 0 Å². The topological polar surface area (TPSA) is 34.9 Å². The molecule has 0 amide bonds.